The number of ether oxygens (including phenoxy) is 1. The van der Waals surface area contributed by atoms with Gasteiger partial charge in [-0.3, -0.25) is 14.5 Å². The highest BCUT2D eigenvalue weighted by molar-refractivity contribution is 8.04. The van der Waals surface area contributed by atoms with Gasteiger partial charge in [-0.1, -0.05) is 60.3 Å². The Bertz CT molecular complexity index is 1170. The number of nitrogens with zero attached hydrogens (tertiary/aromatic N) is 1. The average molecular weight is 448 g/mol. The van der Waals surface area contributed by atoms with Crippen LogP contribution in [0.15, 0.2) is 88.7 Å². The van der Waals surface area contributed by atoms with Gasteiger partial charge in [-0.15, -0.1) is 0 Å². The van der Waals surface area contributed by atoms with Crippen LogP contribution in [-0.4, -0.2) is 22.8 Å². The zero-order valence-electron chi connectivity index (χ0n) is 17.7. The third-order valence-electron chi connectivity index (χ3n) is 4.89. The van der Waals surface area contributed by atoms with E-state index in [0.29, 0.717) is 27.4 Å². The Hall–Kier alpha value is -3.38. The van der Waals surface area contributed by atoms with Crippen molar-refractivity contribution >= 4 is 29.1 Å². The first kappa shape index (κ1) is 21.8. The summed E-state index contributed by atoms with van der Waals surface area (Å²) in [7, 11) is 0. The Labute approximate surface area is 190 Å². The molecule has 3 aromatic rings. The Balaban J connectivity index is 1.71. The summed E-state index contributed by atoms with van der Waals surface area (Å²) in [5.41, 5.74) is 1.23. The van der Waals surface area contributed by atoms with Gasteiger partial charge in [-0.25, -0.2) is 4.39 Å². The predicted octanol–water partition coefficient (Wildman–Crippen LogP) is 5.69. The van der Waals surface area contributed by atoms with E-state index in [9.17, 15) is 14.0 Å². The van der Waals surface area contributed by atoms with Gasteiger partial charge in [0.05, 0.1) is 23.1 Å². The fraction of sp³-hybridized carbons (Fsp3) is 0.154. The van der Waals surface area contributed by atoms with Gasteiger partial charge >= 0.3 is 0 Å². The quantitative estimate of drug-likeness (QED) is 0.437. The number of amides is 2. The molecular weight excluding hydrogens is 425 g/mol. The number of halogens is 1. The predicted molar refractivity (Wildman–Crippen MR) is 123 cm³/mol. The van der Waals surface area contributed by atoms with Gasteiger partial charge in [0, 0.05) is 10.5 Å². The van der Waals surface area contributed by atoms with Crippen LogP contribution in [0.4, 0.5) is 4.39 Å². The van der Waals surface area contributed by atoms with Crippen LogP contribution in [0.25, 0.3) is 5.57 Å². The number of rotatable bonds is 7. The van der Waals surface area contributed by atoms with Crippen molar-refractivity contribution in [2.45, 2.75) is 31.4 Å². The maximum absolute atomic E-state index is 14.2. The molecule has 4 nitrogen and oxygen atoms in total. The summed E-state index contributed by atoms with van der Waals surface area (Å²) in [5, 5.41) is 0. The fourth-order valence-corrected chi connectivity index (χ4v) is 4.46. The Morgan fingerprint density at radius 3 is 2.19 bits per heavy atom. The van der Waals surface area contributed by atoms with E-state index in [1.165, 1.54) is 17.8 Å². The molecule has 1 heterocycles. The molecule has 2 amide bonds. The smallest absolute Gasteiger partial charge is 0.268 e. The standard InChI is InChI=1S/C26H22FNO3S/c1-17(2)31-20-14-12-18(13-15-20)23-24(32-21-9-4-3-5-10-21)26(30)28(25(23)29)16-19-8-6-7-11-22(19)27/h3-15,17H,16H2,1-2H3. The van der Waals surface area contributed by atoms with Crippen molar-refractivity contribution in [1.82, 2.24) is 4.90 Å². The highest BCUT2D eigenvalue weighted by Gasteiger charge is 2.39. The van der Waals surface area contributed by atoms with Gasteiger partial charge in [-0.2, -0.15) is 0 Å². The maximum atomic E-state index is 14.2. The first-order valence-corrected chi connectivity index (χ1v) is 11.1. The van der Waals surface area contributed by atoms with E-state index in [2.05, 4.69) is 0 Å². The van der Waals surface area contributed by atoms with E-state index < -0.39 is 17.6 Å². The minimum atomic E-state index is -0.450. The second kappa shape index (κ2) is 9.40. The summed E-state index contributed by atoms with van der Waals surface area (Å²) in [6, 6.07) is 22.7. The molecule has 1 aliphatic rings. The van der Waals surface area contributed by atoms with Crippen LogP contribution >= 0.6 is 11.8 Å². The Kier molecular flexibility index (Phi) is 6.42. The monoisotopic (exact) mass is 447 g/mol. The molecule has 3 aromatic carbocycles. The SMILES string of the molecule is CC(C)Oc1ccc(C2=C(Sc3ccccc3)C(=O)N(Cc3ccccc3F)C2=O)cc1. The van der Waals surface area contributed by atoms with Gasteiger partial charge in [0.15, 0.2) is 0 Å². The third-order valence-corrected chi connectivity index (χ3v) is 5.98. The van der Waals surface area contributed by atoms with Crippen LogP contribution in [0.3, 0.4) is 0 Å². The van der Waals surface area contributed by atoms with E-state index >= 15 is 0 Å². The number of hydrogen-bond acceptors (Lipinski definition) is 4. The zero-order valence-corrected chi connectivity index (χ0v) is 18.6. The van der Waals surface area contributed by atoms with Crippen molar-refractivity contribution in [2.75, 3.05) is 0 Å². The highest BCUT2D eigenvalue weighted by Crippen LogP contribution is 2.40. The molecule has 0 radical (unpaired) electrons. The topological polar surface area (TPSA) is 46.6 Å². The maximum Gasteiger partial charge on any atom is 0.268 e. The first-order valence-electron chi connectivity index (χ1n) is 10.3. The van der Waals surface area contributed by atoms with E-state index in [1.54, 1.807) is 42.5 Å². The molecule has 1 aliphatic heterocycles. The lowest BCUT2D eigenvalue weighted by Crippen LogP contribution is -2.31. The second-order valence-corrected chi connectivity index (χ2v) is 8.68. The third kappa shape index (κ3) is 4.60. The van der Waals surface area contributed by atoms with Crippen LogP contribution < -0.4 is 4.74 Å². The number of thioether (sulfide) groups is 1. The molecule has 0 spiro atoms. The molecule has 0 saturated carbocycles. The van der Waals surface area contributed by atoms with E-state index in [1.807, 2.05) is 44.2 Å². The van der Waals surface area contributed by atoms with Crippen LogP contribution in [0, 0.1) is 5.82 Å². The minimum absolute atomic E-state index is 0.0233. The van der Waals surface area contributed by atoms with Crippen molar-refractivity contribution in [3.63, 3.8) is 0 Å². The Morgan fingerprint density at radius 1 is 0.875 bits per heavy atom. The second-order valence-electron chi connectivity index (χ2n) is 7.60. The van der Waals surface area contributed by atoms with Crippen LogP contribution in [0.1, 0.15) is 25.0 Å². The van der Waals surface area contributed by atoms with E-state index in [4.69, 9.17) is 4.74 Å². The number of hydrogen-bond donors (Lipinski definition) is 0. The highest BCUT2D eigenvalue weighted by atomic mass is 32.2. The molecule has 162 valence electrons. The number of carbonyl (C=O) groups is 2. The number of carbonyl (C=O) groups excluding carboxylic acids is 2. The van der Waals surface area contributed by atoms with Gasteiger partial charge in [0.2, 0.25) is 0 Å². The summed E-state index contributed by atoms with van der Waals surface area (Å²) in [6.45, 7) is 3.75. The molecular formula is C26H22FNO3S. The van der Waals surface area contributed by atoms with Crippen molar-refractivity contribution in [3.8, 4) is 5.75 Å². The van der Waals surface area contributed by atoms with Gasteiger partial charge in [-0.05, 0) is 49.7 Å². The van der Waals surface area contributed by atoms with Crippen LogP contribution in [0.2, 0.25) is 0 Å². The fourth-order valence-electron chi connectivity index (χ4n) is 3.42. The lowest BCUT2D eigenvalue weighted by Gasteiger charge is -2.16. The van der Waals surface area contributed by atoms with Gasteiger partial charge in [0.25, 0.3) is 11.8 Å². The van der Waals surface area contributed by atoms with Crippen molar-refractivity contribution < 1.29 is 18.7 Å². The number of imide groups is 1. The first-order chi connectivity index (χ1) is 15.4. The van der Waals surface area contributed by atoms with Crippen molar-refractivity contribution in [1.29, 1.82) is 0 Å². The summed E-state index contributed by atoms with van der Waals surface area (Å²) in [5.74, 6) is -0.630. The summed E-state index contributed by atoms with van der Waals surface area (Å²) in [4.78, 5) is 29.0. The molecule has 0 unspecified atom stereocenters. The molecule has 0 aliphatic carbocycles. The van der Waals surface area contributed by atoms with Gasteiger partial charge < -0.3 is 4.74 Å². The average Bonchev–Trinajstić information content (AvgIpc) is 3.00. The summed E-state index contributed by atoms with van der Waals surface area (Å²) in [6.07, 6.45) is 0.0233. The zero-order chi connectivity index (χ0) is 22.7. The number of benzene rings is 3. The van der Waals surface area contributed by atoms with Gasteiger partial charge in [0.1, 0.15) is 11.6 Å². The Morgan fingerprint density at radius 2 is 1.53 bits per heavy atom. The minimum Gasteiger partial charge on any atom is -0.491 e. The molecule has 0 aromatic heterocycles. The summed E-state index contributed by atoms with van der Waals surface area (Å²) < 4.78 is 19.9. The normalized spacial score (nSPS) is 13.9. The van der Waals surface area contributed by atoms with Crippen molar-refractivity contribution in [2.24, 2.45) is 0 Å². The molecule has 6 heteroatoms. The van der Waals surface area contributed by atoms with E-state index in [-0.39, 0.29) is 12.6 Å². The van der Waals surface area contributed by atoms with E-state index in [0.717, 1.165) is 9.80 Å². The molecule has 0 atom stereocenters. The lowest BCUT2D eigenvalue weighted by atomic mass is 10.1. The van der Waals surface area contributed by atoms with Crippen LogP contribution in [-0.2, 0) is 16.1 Å². The molecule has 0 saturated heterocycles. The largest absolute Gasteiger partial charge is 0.491 e. The molecule has 0 N–H and O–H groups in total. The molecule has 4 rings (SSSR count). The van der Waals surface area contributed by atoms with Crippen LogP contribution in [0.5, 0.6) is 5.75 Å². The molecule has 32 heavy (non-hydrogen) atoms. The molecule has 0 fully saturated rings. The van der Waals surface area contributed by atoms with Crippen molar-refractivity contribution in [3.05, 3.63) is 101 Å². The molecule has 0 bridgehead atoms. The lowest BCUT2D eigenvalue weighted by molar-refractivity contribution is -0.137. The summed E-state index contributed by atoms with van der Waals surface area (Å²) >= 11 is 1.24.